The summed E-state index contributed by atoms with van der Waals surface area (Å²) in [5.74, 6) is -0.388. The molecule has 4 aromatic carbocycles. The van der Waals surface area contributed by atoms with Gasteiger partial charge in [-0.3, -0.25) is 9.10 Å². The van der Waals surface area contributed by atoms with Crippen LogP contribution in [0.25, 0.3) is 0 Å². The maximum absolute atomic E-state index is 13.9. The van der Waals surface area contributed by atoms with Gasteiger partial charge < -0.3 is 5.32 Å². The number of hydrogen-bond donors (Lipinski definition) is 1. The van der Waals surface area contributed by atoms with Crippen molar-refractivity contribution in [2.24, 2.45) is 0 Å². The Morgan fingerprint density at radius 1 is 0.778 bits per heavy atom. The van der Waals surface area contributed by atoms with Crippen LogP contribution in [-0.2, 0) is 23.1 Å². The van der Waals surface area contributed by atoms with Crippen LogP contribution >= 0.6 is 23.2 Å². The lowest BCUT2D eigenvalue weighted by Crippen LogP contribution is -2.33. The summed E-state index contributed by atoms with van der Waals surface area (Å²) >= 11 is 12.0. The third-order valence-corrected chi connectivity index (χ3v) is 7.91. The zero-order chi connectivity index (χ0) is 25.7. The molecular weight excluding hydrogens is 515 g/mol. The number of halogens is 2. The molecule has 1 N–H and O–H groups in total. The molecule has 0 heterocycles. The molecule has 0 fully saturated rings. The Labute approximate surface area is 221 Å². The Morgan fingerprint density at radius 3 is 1.94 bits per heavy atom. The van der Waals surface area contributed by atoms with Crippen molar-refractivity contribution in [3.8, 4) is 0 Å². The summed E-state index contributed by atoms with van der Waals surface area (Å²) < 4.78 is 29.0. The van der Waals surface area contributed by atoms with Gasteiger partial charge in [-0.25, -0.2) is 8.42 Å². The zero-order valence-corrected chi connectivity index (χ0v) is 21.8. The number of aryl methyl sites for hydroxylation is 1. The number of nitrogens with one attached hydrogen (secondary N) is 1. The molecule has 5 nitrogen and oxygen atoms in total. The van der Waals surface area contributed by atoms with Crippen molar-refractivity contribution in [1.82, 2.24) is 5.32 Å². The lowest BCUT2D eigenvalue weighted by atomic mass is 10.1. The van der Waals surface area contributed by atoms with Gasteiger partial charge in [0.05, 0.1) is 22.7 Å². The van der Waals surface area contributed by atoms with E-state index in [1.165, 1.54) is 4.31 Å². The summed E-state index contributed by atoms with van der Waals surface area (Å²) in [6.07, 6.45) is 0. The van der Waals surface area contributed by atoms with Gasteiger partial charge in [0, 0.05) is 16.6 Å². The van der Waals surface area contributed by atoms with Crippen LogP contribution in [0.15, 0.2) is 102 Å². The van der Waals surface area contributed by atoms with Crippen molar-refractivity contribution >= 4 is 44.8 Å². The van der Waals surface area contributed by atoms with E-state index in [9.17, 15) is 13.2 Å². The Kier molecular flexibility index (Phi) is 7.99. The van der Waals surface area contributed by atoms with E-state index in [0.717, 1.165) is 16.7 Å². The Morgan fingerprint density at radius 2 is 1.33 bits per heavy atom. The highest BCUT2D eigenvalue weighted by Gasteiger charge is 2.28. The third kappa shape index (κ3) is 6.08. The molecule has 184 valence electrons. The highest BCUT2D eigenvalue weighted by molar-refractivity contribution is 7.92. The summed E-state index contributed by atoms with van der Waals surface area (Å²) in [7, 11) is -4.00. The fourth-order valence-corrected chi connectivity index (χ4v) is 5.38. The number of amides is 1. The maximum Gasteiger partial charge on any atom is 0.264 e. The molecule has 0 aliphatic heterocycles. The van der Waals surface area contributed by atoms with Crippen molar-refractivity contribution in [3.63, 3.8) is 0 Å². The number of para-hydroxylation sites is 1. The van der Waals surface area contributed by atoms with Crippen LogP contribution in [0.5, 0.6) is 0 Å². The maximum atomic E-state index is 13.9. The first-order valence-electron chi connectivity index (χ1n) is 11.2. The average Bonchev–Trinajstić information content (AvgIpc) is 2.88. The first kappa shape index (κ1) is 25.8. The van der Waals surface area contributed by atoms with Gasteiger partial charge in [-0.15, -0.1) is 0 Å². The van der Waals surface area contributed by atoms with Crippen molar-refractivity contribution in [1.29, 1.82) is 0 Å². The van der Waals surface area contributed by atoms with Gasteiger partial charge in [0.15, 0.2) is 0 Å². The third-order valence-electron chi connectivity index (χ3n) is 5.63. The molecule has 36 heavy (non-hydrogen) atoms. The molecule has 0 unspecified atom stereocenters. The van der Waals surface area contributed by atoms with Gasteiger partial charge in [-0.05, 0) is 66.6 Å². The molecule has 0 atom stereocenters. The SMILES string of the molecule is Cc1ccc(S(=O)(=O)N(Cc2ccc(Cl)cc2)c2ccccc2C(=O)NCc2ccc(Cl)cc2)cc1. The fraction of sp³-hybridized carbons (Fsp3) is 0.107. The van der Waals surface area contributed by atoms with Crippen LogP contribution in [0.2, 0.25) is 10.0 Å². The molecule has 0 radical (unpaired) electrons. The highest BCUT2D eigenvalue weighted by Crippen LogP contribution is 2.30. The van der Waals surface area contributed by atoms with Gasteiger partial charge in [-0.2, -0.15) is 0 Å². The minimum absolute atomic E-state index is 0.0227. The molecule has 0 bridgehead atoms. The van der Waals surface area contributed by atoms with Crippen LogP contribution < -0.4 is 9.62 Å². The quantitative estimate of drug-likeness (QED) is 0.274. The molecule has 0 saturated heterocycles. The second-order valence-corrected chi connectivity index (χ2v) is 11.0. The minimum Gasteiger partial charge on any atom is -0.348 e. The Bertz CT molecular complexity index is 1450. The zero-order valence-electron chi connectivity index (χ0n) is 19.5. The van der Waals surface area contributed by atoms with E-state index in [-0.39, 0.29) is 35.1 Å². The van der Waals surface area contributed by atoms with E-state index in [1.807, 2.05) is 19.1 Å². The van der Waals surface area contributed by atoms with Crippen LogP contribution in [0.4, 0.5) is 5.69 Å². The molecule has 8 heteroatoms. The van der Waals surface area contributed by atoms with E-state index in [4.69, 9.17) is 23.2 Å². The van der Waals surface area contributed by atoms with E-state index in [1.54, 1.807) is 84.9 Å². The summed E-state index contributed by atoms with van der Waals surface area (Å²) in [4.78, 5) is 13.4. The summed E-state index contributed by atoms with van der Waals surface area (Å²) in [6, 6.07) is 27.4. The number of benzene rings is 4. The van der Waals surface area contributed by atoms with Crippen LogP contribution in [0.3, 0.4) is 0 Å². The normalized spacial score (nSPS) is 11.2. The molecule has 1 amide bonds. The van der Waals surface area contributed by atoms with Gasteiger partial charge in [0.25, 0.3) is 15.9 Å². The molecule has 0 spiro atoms. The largest absolute Gasteiger partial charge is 0.348 e. The van der Waals surface area contributed by atoms with Gasteiger partial charge in [0.1, 0.15) is 0 Å². The van der Waals surface area contributed by atoms with E-state index in [2.05, 4.69) is 5.32 Å². The molecule has 0 aromatic heterocycles. The lowest BCUT2D eigenvalue weighted by molar-refractivity contribution is 0.0951. The molecule has 4 rings (SSSR count). The molecule has 0 aliphatic rings. The molecule has 4 aromatic rings. The van der Waals surface area contributed by atoms with Crippen LogP contribution in [-0.4, -0.2) is 14.3 Å². The fourth-order valence-electron chi connectivity index (χ4n) is 3.66. The molecule has 0 aliphatic carbocycles. The van der Waals surface area contributed by atoms with Crippen molar-refractivity contribution in [3.05, 3.63) is 129 Å². The molecule has 0 saturated carbocycles. The predicted molar refractivity (Wildman–Crippen MR) is 145 cm³/mol. The summed E-state index contributed by atoms with van der Waals surface area (Å²) in [6.45, 7) is 2.18. The highest BCUT2D eigenvalue weighted by atomic mass is 35.5. The topological polar surface area (TPSA) is 66.5 Å². The summed E-state index contributed by atoms with van der Waals surface area (Å²) in [5, 5.41) is 4.03. The second-order valence-electron chi connectivity index (χ2n) is 8.28. The first-order valence-corrected chi connectivity index (χ1v) is 13.4. The molecular formula is C28H24Cl2N2O3S. The number of rotatable bonds is 8. The first-order chi connectivity index (χ1) is 17.2. The van der Waals surface area contributed by atoms with Crippen molar-refractivity contribution in [2.75, 3.05) is 4.31 Å². The minimum atomic E-state index is -4.00. The van der Waals surface area contributed by atoms with Gasteiger partial charge in [0.2, 0.25) is 0 Å². The Hall–Kier alpha value is -3.32. The van der Waals surface area contributed by atoms with Gasteiger partial charge >= 0.3 is 0 Å². The van der Waals surface area contributed by atoms with E-state index >= 15 is 0 Å². The Balaban J connectivity index is 1.72. The van der Waals surface area contributed by atoms with Crippen molar-refractivity contribution in [2.45, 2.75) is 24.9 Å². The van der Waals surface area contributed by atoms with Gasteiger partial charge in [-0.1, -0.05) is 77.3 Å². The standard InChI is InChI=1S/C28H24Cl2N2O3S/c1-20-6-16-25(17-7-20)36(34,35)32(19-22-10-14-24(30)15-11-22)27-5-3-2-4-26(27)28(33)31-18-21-8-12-23(29)13-9-21/h2-17H,18-19H2,1H3,(H,31,33). The summed E-state index contributed by atoms with van der Waals surface area (Å²) in [5.41, 5.74) is 3.07. The smallest absolute Gasteiger partial charge is 0.264 e. The number of sulfonamides is 1. The van der Waals surface area contributed by atoms with E-state index in [0.29, 0.717) is 10.0 Å². The monoisotopic (exact) mass is 538 g/mol. The lowest BCUT2D eigenvalue weighted by Gasteiger charge is -2.27. The number of hydrogen-bond acceptors (Lipinski definition) is 3. The number of anilines is 1. The van der Waals surface area contributed by atoms with E-state index < -0.39 is 10.0 Å². The van der Waals surface area contributed by atoms with Crippen LogP contribution in [0, 0.1) is 6.92 Å². The predicted octanol–water partition coefficient (Wildman–Crippen LogP) is 6.63. The van der Waals surface area contributed by atoms with Crippen molar-refractivity contribution < 1.29 is 13.2 Å². The second kappa shape index (κ2) is 11.2. The number of carbonyl (C=O) groups excluding carboxylic acids is 1. The average molecular weight is 539 g/mol. The van der Waals surface area contributed by atoms with Crippen LogP contribution in [0.1, 0.15) is 27.0 Å². The number of nitrogens with zero attached hydrogens (tertiary/aromatic N) is 1. The number of carbonyl (C=O) groups is 1.